The highest BCUT2D eigenvalue weighted by atomic mass is 16.3. The van der Waals surface area contributed by atoms with Gasteiger partial charge in [0.1, 0.15) is 5.52 Å². The molecule has 0 saturated carbocycles. The third-order valence-electron chi connectivity index (χ3n) is 4.09. The molecule has 1 saturated heterocycles. The predicted octanol–water partition coefficient (Wildman–Crippen LogP) is 2.65. The zero-order chi connectivity index (χ0) is 13.8. The summed E-state index contributed by atoms with van der Waals surface area (Å²) in [6.07, 6.45) is 2.54. The summed E-state index contributed by atoms with van der Waals surface area (Å²) in [4.78, 5) is 7.01. The smallest absolute Gasteiger partial charge is 0.209 e. The topological polar surface area (TPSA) is 41.3 Å². The van der Waals surface area contributed by atoms with Crippen LogP contribution >= 0.6 is 0 Å². The van der Waals surface area contributed by atoms with Crippen LogP contribution in [0.2, 0.25) is 0 Å². The van der Waals surface area contributed by atoms with Crippen LogP contribution in [0.1, 0.15) is 25.7 Å². The Bertz CT molecular complexity index is 510. The minimum absolute atomic E-state index is 0.829. The highest BCUT2D eigenvalue weighted by molar-refractivity contribution is 5.72. The standard InChI is InChI=1S/C16H23N3O/c1-2-17-11-13-7-9-19(10-8-13)12-16-18-14-5-3-4-6-15(14)20-16/h3-6,13,17H,2,7-12H2,1H3. The second kappa shape index (κ2) is 6.37. The molecular formula is C16H23N3O. The van der Waals surface area contributed by atoms with Crippen LogP contribution in [0.25, 0.3) is 11.1 Å². The molecule has 0 aliphatic carbocycles. The maximum absolute atomic E-state index is 5.80. The van der Waals surface area contributed by atoms with E-state index < -0.39 is 0 Å². The number of para-hydroxylation sites is 2. The average Bonchev–Trinajstić information content (AvgIpc) is 2.89. The quantitative estimate of drug-likeness (QED) is 0.909. The van der Waals surface area contributed by atoms with E-state index in [-0.39, 0.29) is 0 Å². The molecule has 0 spiro atoms. The van der Waals surface area contributed by atoms with Crippen molar-refractivity contribution in [2.24, 2.45) is 5.92 Å². The van der Waals surface area contributed by atoms with Gasteiger partial charge in [-0.1, -0.05) is 19.1 Å². The largest absolute Gasteiger partial charge is 0.439 e. The van der Waals surface area contributed by atoms with Gasteiger partial charge in [-0.15, -0.1) is 0 Å². The molecule has 108 valence electrons. The van der Waals surface area contributed by atoms with Gasteiger partial charge < -0.3 is 9.73 Å². The van der Waals surface area contributed by atoms with Gasteiger partial charge in [0.2, 0.25) is 5.89 Å². The summed E-state index contributed by atoms with van der Waals surface area (Å²) in [5, 5.41) is 3.45. The number of piperidine rings is 1. The highest BCUT2D eigenvalue weighted by Gasteiger charge is 2.20. The molecule has 1 aliphatic rings. The first kappa shape index (κ1) is 13.6. The fraction of sp³-hybridized carbons (Fsp3) is 0.562. The fourth-order valence-corrected chi connectivity index (χ4v) is 2.88. The molecule has 2 aromatic rings. The van der Waals surface area contributed by atoms with Crippen LogP contribution in [-0.4, -0.2) is 36.1 Å². The molecule has 20 heavy (non-hydrogen) atoms. The first-order valence-corrected chi connectivity index (χ1v) is 7.62. The van der Waals surface area contributed by atoms with Gasteiger partial charge in [0.05, 0.1) is 6.54 Å². The summed E-state index contributed by atoms with van der Waals surface area (Å²) in [7, 11) is 0. The molecule has 1 aromatic carbocycles. The van der Waals surface area contributed by atoms with Crippen LogP contribution in [0.4, 0.5) is 0 Å². The van der Waals surface area contributed by atoms with Crippen molar-refractivity contribution in [3.63, 3.8) is 0 Å². The predicted molar refractivity (Wildman–Crippen MR) is 80.6 cm³/mol. The Morgan fingerprint density at radius 1 is 1.30 bits per heavy atom. The third-order valence-corrected chi connectivity index (χ3v) is 4.09. The summed E-state index contributed by atoms with van der Waals surface area (Å²) < 4.78 is 5.80. The van der Waals surface area contributed by atoms with Crippen molar-refractivity contribution in [2.45, 2.75) is 26.3 Å². The van der Waals surface area contributed by atoms with E-state index in [1.807, 2.05) is 24.3 Å². The van der Waals surface area contributed by atoms with Gasteiger partial charge in [0.25, 0.3) is 0 Å². The Balaban J connectivity index is 1.54. The first-order valence-electron chi connectivity index (χ1n) is 7.62. The van der Waals surface area contributed by atoms with Crippen molar-refractivity contribution in [1.29, 1.82) is 0 Å². The van der Waals surface area contributed by atoms with Gasteiger partial charge >= 0.3 is 0 Å². The van der Waals surface area contributed by atoms with Crippen LogP contribution in [0, 0.1) is 5.92 Å². The van der Waals surface area contributed by atoms with Gasteiger partial charge in [-0.05, 0) is 57.1 Å². The van der Waals surface area contributed by atoms with Crippen LogP contribution in [0.15, 0.2) is 28.7 Å². The van der Waals surface area contributed by atoms with E-state index in [4.69, 9.17) is 4.42 Å². The lowest BCUT2D eigenvalue weighted by atomic mass is 9.97. The number of benzene rings is 1. The van der Waals surface area contributed by atoms with Crippen molar-refractivity contribution in [1.82, 2.24) is 15.2 Å². The summed E-state index contributed by atoms with van der Waals surface area (Å²) in [6, 6.07) is 7.98. The minimum Gasteiger partial charge on any atom is -0.439 e. The molecule has 1 N–H and O–H groups in total. The molecule has 1 fully saturated rings. The second-order valence-electron chi connectivity index (χ2n) is 5.60. The van der Waals surface area contributed by atoms with Gasteiger partial charge in [-0.2, -0.15) is 0 Å². The van der Waals surface area contributed by atoms with Crippen LogP contribution < -0.4 is 5.32 Å². The number of nitrogens with one attached hydrogen (secondary N) is 1. The van der Waals surface area contributed by atoms with Gasteiger partial charge in [0, 0.05) is 0 Å². The van der Waals surface area contributed by atoms with Crippen LogP contribution in [0.5, 0.6) is 0 Å². The van der Waals surface area contributed by atoms with Gasteiger partial charge in [-0.25, -0.2) is 4.98 Å². The van der Waals surface area contributed by atoms with E-state index >= 15 is 0 Å². The summed E-state index contributed by atoms with van der Waals surface area (Å²) >= 11 is 0. The Hall–Kier alpha value is -1.39. The number of aromatic nitrogens is 1. The SMILES string of the molecule is CCNCC1CCN(Cc2nc3ccccc3o2)CC1. The van der Waals surface area contributed by atoms with Gasteiger partial charge in [0.15, 0.2) is 5.58 Å². The molecule has 0 amide bonds. The molecule has 4 nitrogen and oxygen atoms in total. The molecule has 3 rings (SSSR count). The lowest BCUT2D eigenvalue weighted by Crippen LogP contribution is -2.36. The first-order chi connectivity index (χ1) is 9.85. The zero-order valence-electron chi connectivity index (χ0n) is 12.1. The second-order valence-corrected chi connectivity index (χ2v) is 5.60. The summed E-state index contributed by atoms with van der Waals surface area (Å²) in [5.74, 6) is 1.67. The monoisotopic (exact) mass is 273 g/mol. The number of likely N-dealkylation sites (tertiary alicyclic amines) is 1. The van der Waals surface area contributed by atoms with Crippen molar-refractivity contribution < 1.29 is 4.42 Å². The molecule has 1 aliphatic heterocycles. The number of hydrogen-bond acceptors (Lipinski definition) is 4. The average molecular weight is 273 g/mol. The maximum atomic E-state index is 5.80. The highest BCUT2D eigenvalue weighted by Crippen LogP contribution is 2.20. The number of nitrogens with zero attached hydrogens (tertiary/aromatic N) is 2. The van der Waals surface area contributed by atoms with Crippen molar-refractivity contribution in [3.05, 3.63) is 30.2 Å². The zero-order valence-corrected chi connectivity index (χ0v) is 12.1. The number of fused-ring (bicyclic) bond motifs is 1. The van der Waals surface area contributed by atoms with Crippen LogP contribution in [0.3, 0.4) is 0 Å². The third kappa shape index (κ3) is 3.19. The molecule has 0 bridgehead atoms. The maximum Gasteiger partial charge on any atom is 0.209 e. The van der Waals surface area contributed by atoms with E-state index in [1.165, 1.54) is 12.8 Å². The Morgan fingerprint density at radius 3 is 2.85 bits per heavy atom. The van der Waals surface area contributed by atoms with Gasteiger partial charge in [-0.3, -0.25) is 4.90 Å². The van der Waals surface area contributed by atoms with E-state index in [1.54, 1.807) is 0 Å². The molecule has 0 atom stereocenters. The minimum atomic E-state index is 0.829. The Morgan fingerprint density at radius 2 is 2.10 bits per heavy atom. The lowest BCUT2D eigenvalue weighted by Gasteiger charge is -2.31. The number of oxazole rings is 1. The Labute approximate surface area is 120 Å². The molecule has 4 heteroatoms. The van der Waals surface area contributed by atoms with E-state index in [0.717, 1.165) is 55.6 Å². The fourth-order valence-electron chi connectivity index (χ4n) is 2.88. The van der Waals surface area contributed by atoms with E-state index in [0.29, 0.717) is 0 Å². The van der Waals surface area contributed by atoms with E-state index in [2.05, 4.69) is 22.1 Å². The van der Waals surface area contributed by atoms with Crippen molar-refractivity contribution in [2.75, 3.05) is 26.2 Å². The van der Waals surface area contributed by atoms with Crippen LogP contribution in [-0.2, 0) is 6.54 Å². The summed E-state index contributed by atoms with van der Waals surface area (Å²) in [6.45, 7) is 7.53. The van der Waals surface area contributed by atoms with Crippen molar-refractivity contribution >= 4 is 11.1 Å². The number of rotatable bonds is 5. The molecule has 2 heterocycles. The molecule has 0 unspecified atom stereocenters. The Kier molecular flexibility index (Phi) is 4.33. The lowest BCUT2D eigenvalue weighted by molar-refractivity contribution is 0.164. The number of hydrogen-bond donors (Lipinski definition) is 1. The molecule has 0 radical (unpaired) electrons. The van der Waals surface area contributed by atoms with E-state index in [9.17, 15) is 0 Å². The van der Waals surface area contributed by atoms with Crippen molar-refractivity contribution in [3.8, 4) is 0 Å². The normalized spacial score (nSPS) is 17.9. The molecule has 1 aromatic heterocycles. The molecular weight excluding hydrogens is 250 g/mol. The summed E-state index contributed by atoms with van der Waals surface area (Å²) in [5.41, 5.74) is 1.86.